The third kappa shape index (κ3) is 2.31. The smallest absolute Gasteiger partial charge is 0.299 e. The fraction of sp³-hybridized carbons (Fsp3) is 0.400. The molecule has 0 unspecified atom stereocenters. The van der Waals surface area contributed by atoms with Gasteiger partial charge in [0.15, 0.2) is 0 Å². The van der Waals surface area contributed by atoms with Gasteiger partial charge in [0.1, 0.15) is 6.54 Å². The van der Waals surface area contributed by atoms with Crippen molar-refractivity contribution in [1.82, 2.24) is 5.32 Å². The van der Waals surface area contributed by atoms with E-state index >= 15 is 0 Å². The fourth-order valence-electron chi connectivity index (χ4n) is 2.35. The Bertz CT molecular complexity index is 605. The van der Waals surface area contributed by atoms with Crippen molar-refractivity contribution in [3.8, 4) is 0 Å². The van der Waals surface area contributed by atoms with E-state index in [0.717, 1.165) is 18.4 Å². The average molecular weight is 272 g/mol. The second-order valence-electron chi connectivity index (χ2n) is 5.49. The van der Waals surface area contributed by atoms with Crippen molar-refractivity contribution in [2.24, 2.45) is 5.92 Å². The fourth-order valence-corrected chi connectivity index (χ4v) is 2.35. The second kappa shape index (κ2) is 4.74. The van der Waals surface area contributed by atoms with Gasteiger partial charge in [-0.25, -0.2) is 0 Å². The highest BCUT2D eigenvalue weighted by Crippen LogP contribution is 2.30. The van der Waals surface area contributed by atoms with Crippen LogP contribution in [0, 0.1) is 12.8 Å². The van der Waals surface area contributed by atoms with Crippen LogP contribution in [0.1, 0.15) is 28.8 Å². The van der Waals surface area contributed by atoms with Gasteiger partial charge in [-0.1, -0.05) is 11.6 Å². The number of carbonyl (C=O) groups excluding carboxylic acids is 3. The molecule has 1 N–H and O–H groups in total. The lowest BCUT2D eigenvalue weighted by Crippen LogP contribution is -2.40. The van der Waals surface area contributed by atoms with Gasteiger partial charge in [-0.3, -0.25) is 19.3 Å². The molecule has 0 atom stereocenters. The average Bonchev–Trinajstić information content (AvgIpc) is 3.22. The summed E-state index contributed by atoms with van der Waals surface area (Å²) in [5.41, 5.74) is 1.85. The van der Waals surface area contributed by atoms with Gasteiger partial charge in [0.2, 0.25) is 5.91 Å². The first-order chi connectivity index (χ1) is 9.56. The highest BCUT2D eigenvalue weighted by atomic mass is 16.2. The summed E-state index contributed by atoms with van der Waals surface area (Å²) in [4.78, 5) is 37.0. The molecule has 5 nitrogen and oxygen atoms in total. The predicted octanol–water partition coefficient (Wildman–Crippen LogP) is 1.05. The molecule has 1 heterocycles. The van der Waals surface area contributed by atoms with E-state index in [2.05, 4.69) is 5.32 Å². The number of nitrogens with one attached hydrogen (secondary N) is 1. The Kier molecular flexibility index (Phi) is 3.04. The Morgan fingerprint density at radius 1 is 1.35 bits per heavy atom. The van der Waals surface area contributed by atoms with Crippen molar-refractivity contribution in [3.63, 3.8) is 0 Å². The molecule has 0 saturated heterocycles. The van der Waals surface area contributed by atoms with E-state index in [1.807, 2.05) is 13.0 Å². The molecule has 104 valence electrons. The number of carbonyl (C=O) groups is 3. The minimum Gasteiger partial charge on any atom is -0.354 e. The van der Waals surface area contributed by atoms with Crippen LogP contribution in [0.4, 0.5) is 5.69 Å². The molecular weight excluding hydrogens is 256 g/mol. The van der Waals surface area contributed by atoms with Crippen molar-refractivity contribution >= 4 is 23.3 Å². The first kappa shape index (κ1) is 12.8. The number of aryl methyl sites for hydroxylation is 1. The van der Waals surface area contributed by atoms with E-state index in [1.165, 1.54) is 4.90 Å². The number of amides is 2. The Morgan fingerprint density at radius 3 is 2.80 bits per heavy atom. The molecule has 5 heteroatoms. The second-order valence-corrected chi connectivity index (χ2v) is 5.49. The Balaban J connectivity index is 1.74. The summed E-state index contributed by atoms with van der Waals surface area (Å²) in [6.45, 7) is 2.44. The van der Waals surface area contributed by atoms with Gasteiger partial charge in [0, 0.05) is 6.54 Å². The third-order valence-corrected chi connectivity index (χ3v) is 3.71. The minimum absolute atomic E-state index is 0.0899. The molecule has 0 aromatic heterocycles. The highest BCUT2D eigenvalue weighted by Gasteiger charge is 2.36. The van der Waals surface area contributed by atoms with Gasteiger partial charge in [-0.15, -0.1) is 0 Å². The molecule has 1 aromatic carbocycles. The predicted molar refractivity (Wildman–Crippen MR) is 73.6 cm³/mol. The maximum atomic E-state index is 12.0. The van der Waals surface area contributed by atoms with Crippen LogP contribution < -0.4 is 10.2 Å². The molecular formula is C15H16N2O3. The number of fused-ring (bicyclic) bond motifs is 1. The summed E-state index contributed by atoms with van der Waals surface area (Å²) in [5.74, 6) is -0.776. The summed E-state index contributed by atoms with van der Waals surface area (Å²) in [7, 11) is 0. The van der Waals surface area contributed by atoms with Gasteiger partial charge >= 0.3 is 0 Å². The summed E-state index contributed by atoms with van der Waals surface area (Å²) in [6, 6.07) is 5.25. The summed E-state index contributed by atoms with van der Waals surface area (Å²) < 4.78 is 0. The maximum absolute atomic E-state index is 12.0. The molecule has 0 spiro atoms. The third-order valence-electron chi connectivity index (χ3n) is 3.71. The normalized spacial score (nSPS) is 17.4. The number of rotatable bonds is 4. The Morgan fingerprint density at radius 2 is 2.10 bits per heavy atom. The zero-order valence-electron chi connectivity index (χ0n) is 11.3. The molecule has 1 aromatic rings. The SMILES string of the molecule is Cc1ccc2c(c1)C(=O)C(=O)N2CC(=O)NCC1CC1. The lowest BCUT2D eigenvalue weighted by Gasteiger charge is -2.16. The summed E-state index contributed by atoms with van der Waals surface area (Å²) >= 11 is 0. The van der Waals surface area contributed by atoms with Crippen molar-refractivity contribution in [2.45, 2.75) is 19.8 Å². The van der Waals surface area contributed by atoms with Crippen LogP contribution in [-0.2, 0) is 9.59 Å². The van der Waals surface area contributed by atoms with Crippen molar-refractivity contribution in [2.75, 3.05) is 18.0 Å². The van der Waals surface area contributed by atoms with Crippen LogP contribution in [0.5, 0.6) is 0 Å². The van der Waals surface area contributed by atoms with Gasteiger partial charge < -0.3 is 5.32 Å². The lowest BCUT2D eigenvalue weighted by atomic mass is 10.1. The quantitative estimate of drug-likeness (QED) is 0.833. The molecule has 1 saturated carbocycles. The monoisotopic (exact) mass is 272 g/mol. The van der Waals surface area contributed by atoms with E-state index in [-0.39, 0.29) is 12.5 Å². The van der Waals surface area contributed by atoms with Crippen LogP contribution >= 0.6 is 0 Å². The number of nitrogens with zero attached hydrogens (tertiary/aromatic N) is 1. The molecule has 20 heavy (non-hydrogen) atoms. The van der Waals surface area contributed by atoms with Crippen LogP contribution in [0.15, 0.2) is 18.2 Å². The van der Waals surface area contributed by atoms with Crippen molar-refractivity contribution in [1.29, 1.82) is 0 Å². The Hall–Kier alpha value is -2.17. The number of hydrogen-bond donors (Lipinski definition) is 1. The molecule has 1 fully saturated rings. The van der Waals surface area contributed by atoms with Gasteiger partial charge in [0.05, 0.1) is 11.3 Å². The molecule has 2 aliphatic rings. The van der Waals surface area contributed by atoms with Crippen molar-refractivity contribution in [3.05, 3.63) is 29.3 Å². The largest absolute Gasteiger partial charge is 0.354 e. The van der Waals surface area contributed by atoms with Gasteiger partial charge in [-0.05, 0) is 37.8 Å². The first-order valence-corrected chi connectivity index (χ1v) is 6.80. The molecule has 1 aliphatic heterocycles. The number of benzene rings is 1. The zero-order chi connectivity index (χ0) is 14.3. The number of hydrogen-bond acceptors (Lipinski definition) is 3. The zero-order valence-corrected chi connectivity index (χ0v) is 11.3. The first-order valence-electron chi connectivity index (χ1n) is 6.80. The summed E-state index contributed by atoms with van der Waals surface area (Å²) in [6.07, 6.45) is 2.31. The number of ketones is 1. The van der Waals surface area contributed by atoms with Crippen LogP contribution in [-0.4, -0.2) is 30.7 Å². The van der Waals surface area contributed by atoms with E-state index in [9.17, 15) is 14.4 Å². The highest BCUT2D eigenvalue weighted by molar-refractivity contribution is 6.52. The van der Waals surface area contributed by atoms with Crippen molar-refractivity contribution < 1.29 is 14.4 Å². The molecule has 0 bridgehead atoms. The number of Topliss-reactive ketones (excluding diaryl/α,β-unsaturated/α-hetero) is 1. The molecule has 2 amide bonds. The minimum atomic E-state index is -0.618. The molecule has 0 radical (unpaired) electrons. The molecule has 3 rings (SSSR count). The maximum Gasteiger partial charge on any atom is 0.299 e. The molecule has 1 aliphatic carbocycles. The van der Waals surface area contributed by atoms with E-state index in [1.54, 1.807) is 12.1 Å². The van der Waals surface area contributed by atoms with E-state index in [0.29, 0.717) is 23.7 Å². The van der Waals surface area contributed by atoms with E-state index < -0.39 is 11.7 Å². The number of anilines is 1. The van der Waals surface area contributed by atoms with Crippen LogP contribution in [0.2, 0.25) is 0 Å². The summed E-state index contributed by atoms with van der Waals surface area (Å²) in [5, 5.41) is 2.80. The standard InChI is InChI=1S/C15H16N2O3/c1-9-2-5-12-11(6-9)14(19)15(20)17(12)8-13(18)16-7-10-3-4-10/h2,5-6,10H,3-4,7-8H2,1H3,(H,16,18). The Labute approximate surface area is 116 Å². The van der Waals surface area contributed by atoms with Gasteiger partial charge in [-0.2, -0.15) is 0 Å². The van der Waals surface area contributed by atoms with Crippen LogP contribution in [0.3, 0.4) is 0 Å². The van der Waals surface area contributed by atoms with Gasteiger partial charge in [0.25, 0.3) is 11.7 Å². The topological polar surface area (TPSA) is 66.5 Å². The van der Waals surface area contributed by atoms with Crippen LogP contribution in [0.25, 0.3) is 0 Å². The van der Waals surface area contributed by atoms with E-state index in [4.69, 9.17) is 0 Å². The lowest BCUT2D eigenvalue weighted by molar-refractivity contribution is -0.122.